The van der Waals surface area contributed by atoms with Crippen molar-refractivity contribution >= 4 is 9.84 Å². The van der Waals surface area contributed by atoms with Crippen molar-refractivity contribution in [1.82, 2.24) is 0 Å². The third-order valence-electron chi connectivity index (χ3n) is 4.27. The smallest absolute Gasteiger partial charge is 0.159 e. The van der Waals surface area contributed by atoms with Gasteiger partial charge in [0.15, 0.2) is 21.5 Å². The van der Waals surface area contributed by atoms with Crippen LogP contribution in [0, 0.1) is 23.0 Å². The first kappa shape index (κ1) is 16.3. The van der Waals surface area contributed by atoms with E-state index in [2.05, 4.69) is 0 Å². The Morgan fingerprint density at radius 1 is 1.19 bits per heavy atom. The molecule has 21 heavy (non-hydrogen) atoms. The van der Waals surface area contributed by atoms with Gasteiger partial charge in [0.25, 0.3) is 0 Å². The average molecular weight is 320 g/mol. The highest BCUT2D eigenvalue weighted by Gasteiger charge is 2.44. The number of hydrogen-bond donors (Lipinski definition) is 2. The number of sulfone groups is 1. The molecule has 4 nitrogen and oxygen atoms in total. The molecule has 1 atom stereocenters. The molecule has 1 unspecified atom stereocenters. The van der Waals surface area contributed by atoms with E-state index >= 15 is 0 Å². The SMILES string of the molecule is O=S1(=O)CCC(C(CO)(CO)Cc2ccc(F)c(F)c2)C1. The highest BCUT2D eigenvalue weighted by atomic mass is 32.2. The minimum absolute atomic E-state index is 0.0250. The van der Waals surface area contributed by atoms with Gasteiger partial charge in [-0.1, -0.05) is 6.07 Å². The molecule has 0 spiro atoms. The summed E-state index contributed by atoms with van der Waals surface area (Å²) in [6.07, 6.45) is 0.449. The van der Waals surface area contributed by atoms with Crippen molar-refractivity contribution in [2.75, 3.05) is 24.7 Å². The second-order valence-corrected chi connectivity index (χ2v) is 7.93. The van der Waals surface area contributed by atoms with Crippen LogP contribution in [-0.4, -0.2) is 43.4 Å². The lowest BCUT2D eigenvalue weighted by atomic mass is 9.72. The summed E-state index contributed by atoms with van der Waals surface area (Å²) in [5.41, 5.74) is -0.630. The zero-order valence-electron chi connectivity index (χ0n) is 11.4. The van der Waals surface area contributed by atoms with Crippen molar-refractivity contribution in [1.29, 1.82) is 0 Å². The largest absolute Gasteiger partial charge is 0.396 e. The van der Waals surface area contributed by atoms with Gasteiger partial charge in [-0.2, -0.15) is 0 Å². The van der Waals surface area contributed by atoms with Gasteiger partial charge >= 0.3 is 0 Å². The van der Waals surface area contributed by atoms with E-state index < -0.39 is 46.0 Å². The van der Waals surface area contributed by atoms with Gasteiger partial charge in [0.05, 0.1) is 24.7 Å². The second-order valence-electron chi connectivity index (χ2n) is 5.70. The Labute approximate surface area is 122 Å². The topological polar surface area (TPSA) is 74.6 Å². The maximum atomic E-state index is 13.3. The molecule has 0 aromatic heterocycles. The van der Waals surface area contributed by atoms with Crippen molar-refractivity contribution in [3.05, 3.63) is 35.4 Å². The summed E-state index contributed by atoms with van der Waals surface area (Å²) < 4.78 is 49.4. The maximum Gasteiger partial charge on any atom is 0.159 e. The van der Waals surface area contributed by atoms with Crippen molar-refractivity contribution in [3.63, 3.8) is 0 Å². The van der Waals surface area contributed by atoms with Crippen molar-refractivity contribution in [2.45, 2.75) is 12.8 Å². The lowest BCUT2D eigenvalue weighted by Crippen LogP contribution is -2.41. The summed E-state index contributed by atoms with van der Waals surface area (Å²) in [5.74, 6) is -2.45. The monoisotopic (exact) mass is 320 g/mol. The van der Waals surface area contributed by atoms with Gasteiger partial charge in [-0.3, -0.25) is 0 Å². The molecule has 1 heterocycles. The van der Waals surface area contributed by atoms with E-state index in [4.69, 9.17) is 0 Å². The zero-order valence-corrected chi connectivity index (χ0v) is 12.2. The molecular weight excluding hydrogens is 302 g/mol. The highest BCUT2D eigenvalue weighted by Crippen LogP contribution is 2.38. The highest BCUT2D eigenvalue weighted by molar-refractivity contribution is 7.91. The number of benzene rings is 1. The van der Waals surface area contributed by atoms with E-state index in [0.717, 1.165) is 12.1 Å². The molecule has 1 saturated heterocycles. The van der Waals surface area contributed by atoms with E-state index in [1.165, 1.54) is 6.07 Å². The van der Waals surface area contributed by atoms with E-state index in [1.54, 1.807) is 0 Å². The van der Waals surface area contributed by atoms with E-state index in [9.17, 15) is 27.4 Å². The Balaban J connectivity index is 2.27. The van der Waals surface area contributed by atoms with Gasteiger partial charge in [0.2, 0.25) is 0 Å². The molecule has 2 N–H and O–H groups in total. The standard InChI is InChI=1S/C14H18F2O4S/c15-12-2-1-10(5-13(12)16)6-14(8-17,9-18)11-3-4-21(19,20)7-11/h1-2,5,11,17-18H,3-4,6-9H2. The summed E-state index contributed by atoms with van der Waals surface area (Å²) >= 11 is 0. The molecule has 0 saturated carbocycles. The second kappa shape index (κ2) is 5.98. The van der Waals surface area contributed by atoms with Crippen LogP contribution in [0.1, 0.15) is 12.0 Å². The van der Waals surface area contributed by atoms with Crippen molar-refractivity contribution in [2.24, 2.45) is 11.3 Å². The fourth-order valence-corrected chi connectivity index (χ4v) is 4.84. The fourth-order valence-electron chi connectivity index (χ4n) is 2.90. The molecule has 1 aliphatic heterocycles. The van der Waals surface area contributed by atoms with Crippen LogP contribution >= 0.6 is 0 Å². The summed E-state index contributed by atoms with van der Waals surface area (Å²) in [7, 11) is -3.16. The maximum absolute atomic E-state index is 13.3. The molecule has 7 heteroatoms. The van der Waals surface area contributed by atoms with Crippen LogP contribution in [0.15, 0.2) is 18.2 Å². The molecule has 2 rings (SSSR count). The first-order valence-corrected chi connectivity index (χ1v) is 8.50. The van der Waals surface area contributed by atoms with E-state index in [0.29, 0.717) is 12.0 Å². The number of aliphatic hydroxyl groups is 2. The number of hydrogen-bond acceptors (Lipinski definition) is 4. The van der Waals surface area contributed by atoms with Crippen LogP contribution in [0.25, 0.3) is 0 Å². The number of rotatable bonds is 5. The van der Waals surface area contributed by atoms with Crippen LogP contribution in [0.5, 0.6) is 0 Å². The third-order valence-corrected chi connectivity index (χ3v) is 6.04. The molecular formula is C14H18F2O4S. The number of halogens is 2. The first-order chi connectivity index (χ1) is 9.82. The zero-order chi connectivity index (χ0) is 15.7. The third kappa shape index (κ3) is 3.41. The van der Waals surface area contributed by atoms with Crippen LogP contribution < -0.4 is 0 Å². The normalized spacial score (nSPS) is 21.6. The van der Waals surface area contributed by atoms with Crippen LogP contribution in [-0.2, 0) is 16.3 Å². The Bertz CT molecular complexity index is 611. The van der Waals surface area contributed by atoms with E-state index in [-0.39, 0.29) is 17.9 Å². The predicted octanol–water partition coefficient (Wildman–Crippen LogP) is 0.913. The molecule has 1 aromatic rings. The fraction of sp³-hybridized carbons (Fsp3) is 0.571. The summed E-state index contributed by atoms with van der Waals surface area (Å²) in [6.45, 7) is -0.828. The van der Waals surface area contributed by atoms with Crippen molar-refractivity contribution < 1.29 is 27.4 Å². The first-order valence-electron chi connectivity index (χ1n) is 6.68. The average Bonchev–Trinajstić information content (AvgIpc) is 2.81. The predicted molar refractivity (Wildman–Crippen MR) is 73.4 cm³/mol. The van der Waals surface area contributed by atoms with Gasteiger partial charge in [-0.25, -0.2) is 17.2 Å². The molecule has 1 aliphatic rings. The molecule has 118 valence electrons. The van der Waals surface area contributed by atoms with Crippen LogP contribution in [0.2, 0.25) is 0 Å². The Hall–Kier alpha value is -1.05. The quantitative estimate of drug-likeness (QED) is 0.846. The Kier molecular flexibility index (Phi) is 4.65. The lowest BCUT2D eigenvalue weighted by Gasteiger charge is -2.35. The Morgan fingerprint density at radius 3 is 2.33 bits per heavy atom. The van der Waals surface area contributed by atoms with Gasteiger partial charge < -0.3 is 10.2 Å². The molecule has 0 radical (unpaired) electrons. The molecule has 0 bridgehead atoms. The number of aliphatic hydroxyl groups excluding tert-OH is 2. The summed E-state index contributed by atoms with van der Waals surface area (Å²) in [6, 6.07) is 3.37. The molecule has 1 aromatic carbocycles. The van der Waals surface area contributed by atoms with Gasteiger partial charge in [0, 0.05) is 5.41 Å². The molecule has 0 amide bonds. The Morgan fingerprint density at radius 2 is 1.86 bits per heavy atom. The molecule has 1 fully saturated rings. The summed E-state index contributed by atoms with van der Waals surface area (Å²) in [5, 5.41) is 19.3. The van der Waals surface area contributed by atoms with Crippen LogP contribution in [0.4, 0.5) is 8.78 Å². The summed E-state index contributed by atoms with van der Waals surface area (Å²) in [4.78, 5) is 0. The van der Waals surface area contributed by atoms with E-state index in [1.807, 2.05) is 0 Å². The van der Waals surface area contributed by atoms with Gasteiger partial charge in [-0.15, -0.1) is 0 Å². The molecule has 0 aliphatic carbocycles. The van der Waals surface area contributed by atoms with Crippen molar-refractivity contribution in [3.8, 4) is 0 Å². The van der Waals surface area contributed by atoms with Gasteiger partial charge in [-0.05, 0) is 36.5 Å². The minimum Gasteiger partial charge on any atom is -0.396 e. The lowest BCUT2D eigenvalue weighted by molar-refractivity contribution is 0.0124. The van der Waals surface area contributed by atoms with Gasteiger partial charge in [0.1, 0.15) is 0 Å². The minimum atomic E-state index is -3.16. The van der Waals surface area contributed by atoms with Crippen LogP contribution in [0.3, 0.4) is 0 Å².